The first-order chi connectivity index (χ1) is 17.1. The van der Waals surface area contributed by atoms with Crippen LogP contribution in [0.3, 0.4) is 0 Å². The van der Waals surface area contributed by atoms with Gasteiger partial charge >= 0.3 is 212 Å². The van der Waals surface area contributed by atoms with Crippen molar-refractivity contribution < 1.29 is 4.52 Å². The van der Waals surface area contributed by atoms with E-state index in [2.05, 4.69) is 128 Å². The fraction of sp³-hybridized carbons (Fsp3) is 0.0625. The minimum absolute atomic E-state index is 0.220. The van der Waals surface area contributed by atoms with Crippen LogP contribution in [0.5, 0.6) is 0 Å². The van der Waals surface area contributed by atoms with Gasteiger partial charge < -0.3 is 0 Å². The van der Waals surface area contributed by atoms with Crippen molar-refractivity contribution >= 4 is 39.6 Å². The van der Waals surface area contributed by atoms with E-state index in [1.807, 2.05) is 12.1 Å². The molecule has 0 aliphatic carbocycles. The molecule has 5 aromatic carbocycles. The van der Waals surface area contributed by atoms with Crippen molar-refractivity contribution in [3.8, 4) is 0 Å². The molecule has 0 saturated carbocycles. The van der Waals surface area contributed by atoms with Crippen molar-refractivity contribution in [2.45, 2.75) is 13.0 Å². The standard InChI is InChI=1S/C32H26ClOP/c1-24-16-22-29(23-17-24)35(27-10-4-2-5-11-27,28-12-6-3-7-13-28)31-15-9-8-14-30(31)32(34-35)25-18-20-26(33)21-19-25/h2-23,32H,1H3. The van der Waals surface area contributed by atoms with Gasteiger partial charge in [0.1, 0.15) is 0 Å². The topological polar surface area (TPSA) is 9.23 Å². The summed E-state index contributed by atoms with van der Waals surface area (Å²) in [5.41, 5.74) is 3.54. The van der Waals surface area contributed by atoms with Crippen LogP contribution in [0.15, 0.2) is 133 Å². The molecule has 1 atom stereocenters. The Labute approximate surface area is 212 Å². The molecule has 0 radical (unpaired) electrons. The predicted molar refractivity (Wildman–Crippen MR) is 150 cm³/mol. The molecule has 1 unspecified atom stereocenters. The summed E-state index contributed by atoms with van der Waals surface area (Å²) in [6.45, 7) is -1.44. The zero-order valence-corrected chi connectivity index (χ0v) is 21.2. The third-order valence-corrected chi connectivity index (χ3v) is 13.3. The van der Waals surface area contributed by atoms with Crippen LogP contribution in [0.25, 0.3) is 0 Å². The minimum atomic E-state index is -3.58. The van der Waals surface area contributed by atoms with Crippen molar-refractivity contribution in [3.05, 3.63) is 155 Å². The Bertz CT molecular complexity index is 1440. The normalized spacial score (nSPS) is 18.8. The molecule has 172 valence electrons. The van der Waals surface area contributed by atoms with Gasteiger partial charge in [-0.3, -0.25) is 0 Å². The molecule has 6 rings (SSSR count). The van der Waals surface area contributed by atoms with E-state index >= 15 is 0 Å². The van der Waals surface area contributed by atoms with Crippen LogP contribution in [-0.2, 0) is 4.52 Å². The Morgan fingerprint density at radius 1 is 0.571 bits per heavy atom. The molecule has 1 heterocycles. The summed E-state index contributed by atoms with van der Waals surface area (Å²) in [6, 6.07) is 47.4. The van der Waals surface area contributed by atoms with E-state index < -0.39 is 6.83 Å². The van der Waals surface area contributed by atoms with Crippen molar-refractivity contribution in [1.82, 2.24) is 0 Å². The summed E-state index contributed by atoms with van der Waals surface area (Å²) in [6.07, 6.45) is -0.220. The van der Waals surface area contributed by atoms with E-state index in [0.29, 0.717) is 0 Å². The molecule has 1 nitrogen and oxygen atoms in total. The van der Waals surface area contributed by atoms with Crippen LogP contribution in [0.4, 0.5) is 0 Å². The molecule has 1 aliphatic rings. The molecule has 0 saturated heterocycles. The molecule has 5 aromatic rings. The second-order valence-corrected chi connectivity index (χ2v) is 13.9. The quantitative estimate of drug-likeness (QED) is 0.250. The predicted octanol–water partition coefficient (Wildman–Crippen LogP) is 6.84. The molecule has 0 amide bonds. The van der Waals surface area contributed by atoms with E-state index in [1.54, 1.807) is 0 Å². The van der Waals surface area contributed by atoms with Crippen LogP contribution in [-0.4, -0.2) is 0 Å². The zero-order chi connectivity index (χ0) is 23.9. The molecule has 3 heteroatoms. The summed E-state index contributed by atoms with van der Waals surface area (Å²) in [5.74, 6) is 0. The summed E-state index contributed by atoms with van der Waals surface area (Å²) in [4.78, 5) is 0. The molecule has 0 fully saturated rings. The average Bonchev–Trinajstić information content (AvgIpc) is 3.24. The van der Waals surface area contributed by atoms with Gasteiger partial charge in [0.15, 0.2) is 0 Å². The van der Waals surface area contributed by atoms with Crippen LogP contribution in [0.1, 0.15) is 22.8 Å². The van der Waals surface area contributed by atoms with Crippen molar-refractivity contribution in [1.29, 1.82) is 0 Å². The number of rotatable bonds is 4. The first-order valence-corrected chi connectivity index (χ1v) is 14.4. The van der Waals surface area contributed by atoms with Crippen LogP contribution in [0.2, 0.25) is 5.02 Å². The van der Waals surface area contributed by atoms with Crippen LogP contribution < -0.4 is 21.2 Å². The molecule has 0 bridgehead atoms. The molecule has 0 spiro atoms. The Hall–Kier alpha value is -3.22. The first-order valence-electron chi connectivity index (χ1n) is 11.9. The molecule has 0 aromatic heterocycles. The van der Waals surface area contributed by atoms with Crippen LogP contribution >= 0.6 is 18.4 Å². The number of fused-ring (bicyclic) bond motifs is 1. The Kier molecular flexibility index (Phi) is 5.38. The van der Waals surface area contributed by atoms with Gasteiger partial charge in [-0.2, -0.15) is 0 Å². The van der Waals surface area contributed by atoms with Gasteiger partial charge in [-0.25, -0.2) is 0 Å². The molecular formula is C32H26ClOP. The van der Waals surface area contributed by atoms with Crippen molar-refractivity contribution in [2.24, 2.45) is 0 Å². The molecule has 35 heavy (non-hydrogen) atoms. The van der Waals surface area contributed by atoms with E-state index in [9.17, 15) is 0 Å². The fourth-order valence-electron chi connectivity index (χ4n) is 5.60. The van der Waals surface area contributed by atoms with Crippen molar-refractivity contribution in [3.63, 3.8) is 0 Å². The summed E-state index contributed by atoms with van der Waals surface area (Å²) < 4.78 is 7.72. The number of aryl methyl sites for hydroxylation is 1. The van der Waals surface area contributed by atoms with Gasteiger partial charge in [0.2, 0.25) is 0 Å². The van der Waals surface area contributed by atoms with Gasteiger partial charge in [-0.1, -0.05) is 0 Å². The SMILES string of the molecule is Cc1ccc(P2(c3ccccc3)(c3ccccc3)OC(c3ccc(Cl)cc3)c3ccccc32)cc1. The Morgan fingerprint density at radius 2 is 1.09 bits per heavy atom. The summed E-state index contributed by atoms with van der Waals surface area (Å²) in [7, 11) is 0. The number of hydrogen-bond donors (Lipinski definition) is 0. The number of benzene rings is 5. The van der Waals surface area contributed by atoms with E-state index in [1.165, 1.54) is 32.3 Å². The second-order valence-electron chi connectivity index (χ2n) is 9.14. The Balaban J connectivity index is 1.80. The maximum absolute atomic E-state index is 7.72. The number of halogens is 1. The summed E-state index contributed by atoms with van der Waals surface area (Å²) in [5, 5.41) is 5.61. The van der Waals surface area contributed by atoms with Gasteiger partial charge in [0.05, 0.1) is 0 Å². The van der Waals surface area contributed by atoms with Crippen LogP contribution in [0, 0.1) is 6.92 Å². The van der Waals surface area contributed by atoms with Gasteiger partial charge in [-0.05, 0) is 0 Å². The van der Waals surface area contributed by atoms with Gasteiger partial charge in [-0.15, -0.1) is 0 Å². The number of hydrogen-bond acceptors (Lipinski definition) is 1. The van der Waals surface area contributed by atoms with Gasteiger partial charge in [0.25, 0.3) is 0 Å². The van der Waals surface area contributed by atoms with E-state index in [0.717, 1.165) is 10.6 Å². The first kappa shape index (κ1) is 22.3. The van der Waals surface area contributed by atoms with Crippen molar-refractivity contribution in [2.75, 3.05) is 0 Å². The second kappa shape index (κ2) is 8.47. The van der Waals surface area contributed by atoms with Gasteiger partial charge in [0, 0.05) is 0 Å². The third-order valence-electron chi connectivity index (χ3n) is 7.19. The molecular weight excluding hydrogens is 467 g/mol. The Morgan fingerprint density at radius 3 is 1.69 bits per heavy atom. The maximum atomic E-state index is 7.72. The average molecular weight is 493 g/mol. The fourth-order valence-corrected chi connectivity index (χ4v) is 11.8. The zero-order valence-electron chi connectivity index (χ0n) is 19.5. The molecule has 0 N–H and O–H groups in total. The molecule has 1 aliphatic heterocycles. The van der Waals surface area contributed by atoms with E-state index in [-0.39, 0.29) is 6.10 Å². The summed E-state index contributed by atoms with van der Waals surface area (Å²) >= 11 is 6.27. The third kappa shape index (κ3) is 3.16. The van der Waals surface area contributed by atoms with E-state index in [4.69, 9.17) is 16.1 Å². The monoisotopic (exact) mass is 492 g/mol.